The normalized spacial score (nSPS) is 22.4. The van der Waals surface area contributed by atoms with Crippen molar-refractivity contribution in [3.05, 3.63) is 47.5 Å². The third-order valence-corrected chi connectivity index (χ3v) is 9.36. The van der Waals surface area contributed by atoms with Crippen LogP contribution >= 0.6 is 0 Å². The second-order valence-corrected chi connectivity index (χ2v) is 13.0. The van der Waals surface area contributed by atoms with Gasteiger partial charge in [0.15, 0.2) is 9.84 Å². The zero-order valence-electron chi connectivity index (χ0n) is 22.0. The number of hydrogen-bond acceptors (Lipinski definition) is 6. The molecule has 0 unspecified atom stereocenters. The average molecular weight is 553 g/mol. The summed E-state index contributed by atoms with van der Waals surface area (Å²) in [7, 11) is -3.35. The van der Waals surface area contributed by atoms with E-state index in [9.17, 15) is 26.4 Å². The van der Waals surface area contributed by atoms with Crippen LogP contribution in [0.25, 0.3) is 0 Å². The van der Waals surface area contributed by atoms with Gasteiger partial charge in [0.05, 0.1) is 46.6 Å². The number of alkyl halides is 3. The number of pyridine rings is 2. The molecule has 0 aromatic carbocycles. The van der Waals surface area contributed by atoms with Crippen LogP contribution in [-0.4, -0.2) is 47.7 Å². The fourth-order valence-corrected chi connectivity index (χ4v) is 6.45. The summed E-state index contributed by atoms with van der Waals surface area (Å²) < 4.78 is 63.1. The number of aromatic nitrogens is 2. The minimum atomic E-state index is -4.10. The summed E-state index contributed by atoms with van der Waals surface area (Å²) in [4.78, 5) is 23.9. The molecule has 208 valence electrons. The Kier molecular flexibility index (Phi) is 8.46. The molecule has 1 N–H and O–H groups in total. The largest absolute Gasteiger partial charge is 0.391 e. The molecule has 38 heavy (non-hydrogen) atoms. The Bertz CT molecular complexity index is 1240. The first-order chi connectivity index (χ1) is 17.9. The first kappa shape index (κ1) is 28.5. The Balaban J connectivity index is 1.38. The van der Waals surface area contributed by atoms with Gasteiger partial charge in [-0.25, -0.2) is 8.42 Å². The van der Waals surface area contributed by atoms with Crippen LogP contribution < -0.4 is 5.32 Å². The number of nitrogens with one attached hydrogen (secondary N) is 1. The lowest BCUT2D eigenvalue weighted by Crippen LogP contribution is -2.35. The maximum absolute atomic E-state index is 13.1. The smallest absolute Gasteiger partial charge is 0.324 e. The standard InChI is InChI=1S/C27H35F3N4O3S/c1-4-38(36,37)23-10-9-21(31-14-23)12-24(35)33-22-11-19-16-34(26(17(2)3)25(19)32-13-22)15-18-5-7-20(8-6-18)27(28,29)30/h9-11,13-14,17-18,20,26H,4-8,12,15-16H2,1-3H3,(H,33,35)/t18?,20?,26-/m0/s1. The van der Waals surface area contributed by atoms with Crippen molar-refractivity contribution in [1.82, 2.24) is 14.9 Å². The number of amides is 1. The lowest BCUT2D eigenvalue weighted by molar-refractivity contribution is -0.184. The van der Waals surface area contributed by atoms with E-state index in [1.165, 1.54) is 18.3 Å². The number of nitrogens with zero attached hydrogens (tertiary/aromatic N) is 3. The third-order valence-electron chi connectivity index (χ3n) is 7.64. The maximum atomic E-state index is 13.1. The lowest BCUT2D eigenvalue weighted by Gasteiger charge is -2.35. The Hall–Kier alpha value is -2.53. The summed E-state index contributed by atoms with van der Waals surface area (Å²) in [5.41, 5.74) is 2.99. The molecule has 2 aliphatic rings. The lowest BCUT2D eigenvalue weighted by atomic mass is 9.81. The van der Waals surface area contributed by atoms with Crippen LogP contribution in [0.15, 0.2) is 35.5 Å². The monoisotopic (exact) mass is 552 g/mol. The van der Waals surface area contributed by atoms with E-state index < -0.39 is 21.9 Å². The molecule has 11 heteroatoms. The Morgan fingerprint density at radius 3 is 2.42 bits per heavy atom. The predicted molar refractivity (Wildman–Crippen MR) is 138 cm³/mol. The summed E-state index contributed by atoms with van der Waals surface area (Å²) in [6.45, 7) is 7.18. The number of halogens is 3. The molecule has 0 saturated heterocycles. The summed E-state index contributed by atoms with van der Waals surface area (Å²) in [6, 6.07) is 5.00. The van der Waals surface area contributed by atoms with Crippen LogP contribution in [0.5, 0.6) is 0 Å². The molecule has 1 aliphatic heterocycles. The van der Waals surface area contributed by atoms with Crippen molar-refractivity contribution in [2.75, 3.05) is 17.6 Å². The number of hydrogen-bond donors (Lipinski definition) is 1. The number of rotatable bonds is 8. The van der Waals surface area contributed by atoms with Gasteiger partial charge in [-0.15, -0.1) is 0 Å². The minimum absolute atomic E-state index is 0.00905. The van der Waals surface area contributed by atoms with Gasteiger partial charge in [0, 0.05) is 25.0 Å². The van der Waals surface area contributed by atoms with E-state index in [1.807, 2.05) is 6.07 Å². The minimum Gasteiger partial charge on any atom is -0.324 e. The quantitative estimate of drug-likeness (QED) is 0.476. The molecule has 1 saturated carbocycles. The average Bonchev–Trinajstić information content (AvgIpc) is 3.21. The fourth-order valence-electron chi connectivity index (χ4n) is 5.63. The number of carbonyl (C=O) groups excluding carboxylic acids is 1. The number of carbonyl (C=O) groups is 1. The van der Waals surface area contributed by atoms with E-state index in [0.717, 1.165) is 17.8 Å². The third kappa shape index (κ3) is 6.54. The van der Waals surface area contributed by atoms with Crippen LogP contribution in [-0.2, 0) is 27.6 Å². The number of sulfone groups is 1. The highest BCUT2D eigenvalue weighted by molar-refractivity contribution is 7.91. The van der Waals surface area contributed by atoms with Crippen molar-refractivity contribution in [2.45, 2.75) is 76.5 Å². The van der Waals surface area contributed by atoms with Crippen LogP contribution in [0.3, 0.4) is 0 Å². The van der Waals surface area contributed by atoms with Crippen molar-refractivity contribution in [2.24, 2.45) is 17.8 Å². The van der Waals surface area contributed by atoms with Gasteiger partial charge in [-0.2, -0.15) is 13.2 Å². The first-order valence-corrected chi connectivity index (χ1v) is 14.8. The molecule has 2 aromatic rings. The Labute approximate surface area is 222 Å². The zero-order chi connectivity index (χ0) is 27.7. The topological polar surface area (TPSA) is 92.3 Å². The highest BCUT2D eigenvalue weighted by atomic mass is 32.2. The van der Waals surface area contributed by atoms with E-state index in [2.05, 4.69) is 34.0 Å². The van der Waals surface area contributed by atoms with Crippen LogP contribution in [0.1, 0.15) is 69.4 Å². The summed E-state index contributed by atoms with van der Waals surface area (Å²) >= 11 is 0. The van der Waals surface area contributed by atoms with Gasteiger partial charge in [0.25, 0.3) is 0 Å². The molecular weight excluding hydrogens is 517 g/mol. The van der Waals surface area contributed by atoms with Gasteiger partial charge < -0.3 is 5.32 Å². The van der Waals surface area contributed by atoms with Gasteiger partial charge in [0.2, 0.25) is 5.91 Å². The summed E-state index contributed by atoms with van der Waals surface area (Å²) in [5, 5.41) is 2.85. The Morgan fingerprint density at radius 1 is 1.13 bits per heavy atom. The predicted octanol–water partition coefficient (Wildman–Crippen LogP) is 5.33. The van der Waals surface area contributed by atoms with Crippen molar-refractivity contribution < 1.29 is 26.4 Å². The SMILES string of the molecule is CCS(=O)(=O)c1ccc(CC(=O)Nc2cnc3c(c2)CN(CC2CCC(C(F)(F)F)CC2)[C@H]3C(C)C)nc1. The molecule has 0 spiro atoms. The molecule has 1 atom stereocenters. The zero-order valence-corrected chi connectivity index (χ0v) is 22.8. The molecule has 1 aliphatic carbocycles. The van der Waals surface area contributed by atoms with Crippen LogP contribution in [0.4, 0.5) is 18.9 Å². The van der Waals surface area contributed by atoms with E-state index >= 15 is 0 Å². The van der Waals surface area contributed by atoms with Crippen molar-refractivity contribution >= 4 is 21.4 Å². The van der Waals surface area contributed by atoms with Crippen molar-refractivity contribution in [3.63, 3.8) is 0 Å². The molecule has 7 nitrogen and oxygen atoms in total. The summed E-state index contributed by atoms with van der Waals surface area (Å²) in [6.07, 6.45) is 0.346. The molecule has 0 radical (unpaired) electrons. The second kappa shape index (κ2) is 11.3. The molecular formula is C27H35F3N4O3S. The van der Waals surface area contributed by atoms with E-state index in [1.54, 1.807) is 13.1 Å². The number of fused-ring (bicyclic) bond motifs is 1. The van der Waals surface area contributed by atoms with Crippen molar-refractivity contribution in [3.8, 4) is 0 Å². The van der Waals surface area contributed by atoms with E-state index in [-0.39, 0.29) is 53.7 Å². The highest BCUT2D eigenvalue weighted by Crippen LogP contribution is 2.43. The van der Waals surface area contributed by atoms with Gasteiger partial charge >= 0.3 is 6.18 Å². The molecule has 3 heterocycles. The molecule has 1 fully saturated rings. The van der Waals surface area contributed by atoms with Gasteiger partial charge in [0.1, 0.15) is 0 Å². The van der Waals surface area contributed by atoms with Gasteiger partial charge in [-0.1, -0.05) is 20.8 Å². The van der Waals surface area contributed by atoms with E-state index in [4.69, 9.17) is 0 Å². The maximum Gasteiger partial charge on any atom is 0.391 e. The van der Waals surface area contributed by atoms with Crippen LogP contribution in [0.2, 0.25) is 0 Å². The fraction of sp³-hybridized carbons (Fsp3) is 0.593. The first-order valence-electron chi connectivity index (χ1n) is 13.1. The molecule has 4 rings (SSSR count). The van der Waals surface area contributed by atoms with Gasteiger partial charge in [-0.3, -0.25) is 19.7 Å². The molecule has 0 bridgehead atoms. The summed E-state index contributed by atoms with van der Waals surface area (Å²) in [5.74, 6) is -0.979. The van der Waals surface area contributed by atoms with E-state index in [0.29, 0.717) is 30.8 Å². The van der Waals surface area contributed by atoms with Crippen LogP contribution in [0, 0.1) is 17.8 Å². The van der Waals surface area contributed by atoms with Crippen molar-refractivity contribution in [1.29, 1.82) is 0 Å². The number of anilines is 1. The second-order valence-electron chi connectivity index (χ2n) is 10.8. The molecule has 1 amide bonds. The highest BCUT2D eigenvalue weighted by Gasteiger charge is 2.42. The molecule has 2 aromatic heterocycles. The Morgan fingerprint density at radius 2 is 1.84 bits per heavy atom. The van der Waals surface area contributed by atoms with Gasteiger partial charge in [-0.05, 0) is 61.3 Å².